The van der Waals surface area contributed by atoms with Gasteiger partial charge in [-0.05, 0) is 20.2 Å². The maximum Gasteiger partial charge on any atom is 0.273 e. The number of H-pyrrole nitrogens is 1. The van der Waals surface area contributed by atoms with Crippen LogP contribution in [0.3, 0.4) is 0 Å². The quantitative estimate of drug-likeness (QED) is 0.350. The molecule has 1 aromatic heterocycles. The summed E-state index contributed by atoms with van der Waals surface area (Å²) in [4.78, 5) is 18.2. The summed E-state index contributed by atoms with van der Waals surface area (Å²) in [5, 5.41) is 7.68. The fraction of sp³-hybridized carbons (Fsp3) is 0.214. The van der Waals surface area contributed by atoms with E-state index in [0.29, 0.717) is 0 Å². The zero-order valence-corrected chi connectivity index (χ0v) is 15.0. The SMILES string of the molecule is C.CNC.N.NC(=O)S.NC(=O)S.c1ccccc1.c1cn[nH]c1. The Balaban J connectivity index is -0.0000000628. The van der Waals surface area contributed by atoms with Crippen LogP contribution < -0.4 is 22.9 Å². The van der Waals surface area contributed by atoms with Crippen LogP contribution in [0.25, 0.3) is 0 Å². The lowest BCUT2D eigenvalue weighted by molar-refractivity contribution is 0.266. The summed E-state index contributed by atoms with van der Waals surface area (Å²) < 4.78 is 0. The van der Waals surface area contributed by atoms with E-state index in [1.807, 2.05) is 56.6 Å². The maximum absolute atomic E-state index is 9.09. The molecule has 0 atom stereocenters. The summed E-state index contributed by atoms with van der Waals surface area (Å²) in [6.07, 6.45) is 3.46. The Morgan fingerprint density at radius 1 is 0.917 bits per heavy atom. The van der Waals surface area contributed by atoms with Gasteiger partial charge in [0.1, 0.15) is 0 Å². The summed E-state index contributed by atoms with van der Waals surface area (Å²) in [5.41, 5.74) is 8.67. The van der Waals surface area contributed by atoms with E-state index in [1.54, 1.807) is 12.4 Å². The molecule has 2 amide bonds. The third-order valence-corrected chi connectivity index (χ3v) is 1.07. The van der Waals surface area contributed by atoms with Gasteiger partial charge in [-0.3, -0.25) is 14.7 Å². The lowest BCUT2D eigenvalue weighted by atomic mass is 10.4. The van der Waals surface area contributed by atoms with Crippen LogP contribution in [0.5, 0.6) is 0 Å². The number of aromatic nitrogens is 2. The molecule has 0 fully saturated rings. The molecule has 2 aromatic rings. The standard InChI is InChI=1S/C6H6.C3H4N2.C2H7N.2CH3NOS.CH4.H3N/c1-2-4-6-5-3-1;1-2-4-5-3-1;1-3-2;2*2-1(3)4;;/h1-6H;1-3H,(H,4,5);3H,1-2H3;2*(H3,2,3,4);1H4;1H3. The summed E-state index contributed by atoms with van der Waals surface area (Å²) in [5.74, 6) is 0. The van der Waals surface area contributed by atoms with Crippen LogP contribution in [0.15, 0.2) is 54.9 Å². The molecule has 0 saturated heterocycles. The molecule has 0 saturated carbocycles. The predicted octanol–water partition coefficient (Wildman–Crippen LogP) is 2.72. The van der Waals surface area contributed by atoms with Crippen LogP contribution in [-0.2, 0) is 0 Å². The molecule has 8 nitrogen and oxygen atoms in total. The van der Waals surface area contributed by atoms with Gasteiger partial charge in [0.25, 0.3) is 10.5 Å². The van der Waals surface area contributed by atoms with Gasteiger partial charge in [-0.15, -0.1) is 0 Å². The fourth-order valence-corrected chi connectivity index (χ4v) is 0.600. The van der Waals surface area contributed by atoms with Gasteiger partial charge in [0, 0.05) is 12.4 Å². The number of hydrogen-bond donors (Lipinski definition) is 7. The van der Waals surface area contributed by atoms with E-state index in [2.05, 4.69) is 52.2 Å². The van der Waals surface area contributed by atoms with Crippen LogP contribution in [0.4, 0.5) is 9.59 Å². The monoisotopic (exact) mass is 378 g/mol. The minimum atomic E-state index is -0.639. The average molecular weight is 379 g/mol. The van der Waals surface area contributed by atoms with Gasteiger partial charge < -0.3 is 22.9 Å². The Hall–Kier alpha value is -2.01. The molecule has 0 spiro atoms. The first-order chi connectivity index (χ1) is 10.4. The Bertz CT molecular complexity index is 366. The molecule has 1 aromatic carbocycles. The molecule has 1 heterocycles. The van der Waals surface area contributed by atoms with Gasteiger partial charge in [-0.2, -0.15) is 5.10 Å². The van der Waals surface area contributed by atoms with Crippen molar-refractivity contribution < 1.29 is 9.59 Å². The molecule has 140 valence electrons. The highest BCUT2D eigenvalue weighted by Gasteiger charge is 1.63. The zero-order chi connectivity index (χ0) is 17.6. The van der Waals surface area contributed by atoms with E-state index in [4.69, 9.17) is 9.59 Å². The lowest BCUT2D eigenvalue weighted by Gasteiger charge is -1.69. The van der Waals surface area contributed by atoms with E-state index in [-0.39, 0.29) is 13.6 Å². The topological polar surface area (TPSA) is 162 Å². The Morgan fingerprint density at radius 2 is 1.17 bits per heavy atom. The zero-order valence-electron chi connectivity index (χ0n) is 13.2. The van der Waals surface area contributed by atoms with E-state index in [1.165, 1.54) is 0 Å². The van der Waals surface area contributed by atoms with Crippen molar-refractivity contribution in [3.05, 3.63) is 54.9 Å². The highest BCUT2D eigenvalue weighted by Crippen LogP contribution is 1.79. The van der Waals surface area contributed by atoms with Gasteiger partial charge in [-0.25, -0.2) is 0 Å². The predicted molar refractivity (Wildman–Crippen MR) is 109 cm³/mol. The molecule has 10 heteroatoms. The Labute approximate surface area is 155 Å². The second-order valence-corrected chi connectivity index (χ2v) is 3.98. The molecule has 9 N–H and O–H groups in total. The highest BCUT2D eigenvalue weighted by atomic mass is 32.1. The van der Waals surface area contributed by atoms with Crippen LogP contribution >= 0.6 is 25.3 Å². The molecule has 0 bridgehead atoms. The molecule has 0 radical (unpaired) electrons. The Morgan fingerprint density at radius 3 is 1.25 bits per heavy atom. The number of hydrogen-bond acceptors (Lipinski definition) is 5. The number of thiol groups is 2. The highest BCUT2D eigenvalue weighted by molar-refractivity contribution is 7.96. The minimum Gasteiger partial charge on any atom is -0.361 e. The van der Waals surface area contributed by atoms with Gasteiger partial charge >= 0.3 is 0 Å². The van der Waals surface area contributed by atoms with Gasteiger partial charge in [0.05, 0.1) is 0 Å². The fourth-order valence-electron chi connectivity index (χ4n) is 0.600. The van der Waals surface area contributed by atoms with Crippen LogP contribution in [0.2, 0.25) is 0 Å². The first kappa shape index (κ1) is 33.6. The second-order valence-electron chi connectivity index (χ2n) is 3.10. The van der Waals surface area contributed by atoms with Crippen molar-refractivity contribution in [3.63, 3.8) is 0 Å². The number of primary amides is 2. The van der Waals surface area contributed by atoms with Crippen molar-refractivity contribution in [1.82, 2.24) is 21.7 Å². The maximum atomic E-state index is 9.09. The molecule has 0 aliphatic heterocycles. The number of nitrogens with two attached hydrogens (primary N) is 2. The number of nitrogens with zero attached hydrogens (tertiary/aromatic N) is 1. The molecule has 0 aliphatic rings. The molecular formula is C14H30N6O2S2. The molecule has 24 heavy (non-hydrogen) atoms. The van der Waals surface area contributed by atoms with Crippen molar-refractivity contribution in [2.45, 2.75) is 7.43 Å². The lowest BCUT2D eigenvalue weighted by Crippen LogP contribution is -1.95. The normalized spacial score (nSPS) is 6.50. The smallest absolute Gasteiger partial charge is 0.273 e. The van der Waals surface area contributed by atoms with Crippen molar-refractivity contribution in [2.24, 2.45) is 11.5 Å². The van der Waals surface area contributed by atoms with Crippen molar-refractivity contribution in [2.75, 3.05) is 14.1 Å². The number of aromatic amines is 1. The minimum absolute atomic E-state index is 0. The first-order valence-electron chi connectivity index (χ1n) is 5.87. The third-order valence-electron chi connectivity index (χ3n) is 1.07. The van der Waals surface area contributed by atoms with Gasteiger partial charge in [-0.1, -0.05) is 69.1 Å². The number of amides is 2. The van der Waals surface area contributed by atoms with Crippen LogP contribution in [0.1, 0.15) is 7.43 Å². The second kappa shape index (κ2) is 32.8. The van der Waals surface area contributed by atoms with E-state index in [9.17, 15) is 0 Å². The van der Waals surface area contributed by atoms with Crippen molar-refractivity contribution in [3.8, 4) is 0 Å². The summed E-state index contributed by atoms with van der Waals surface area (Å²) in [6, 6.07) is 13.8. The molecule has 0 aliphatic carbocycles. The van der Waals surface area contributed by atoms with E-state index < -0.39 is 10.5 Å². The number of carbonyl (C=O) groups excluding carboxylic acids is 2. The summed E-state index contributed by atoms with van der Waals surface area (Å²) in [6.45, 7) is 0. The molecule has 2 rings (SSSR count). The number of benzene rings is 1. The van der Waals surface area contributed by atoms with Crippen LogP contribution in [0, 0.1) is 0 Å². The summed E-state index contributed by atoms with van der Waals surface area (Å²) in [7, 11) is 3.75. The molecular weight excluding hydrogens is 348 g/mol. The average Bonchev–Trinajstić information content (AvgIpc) is 2.99. The Kier molecular flexibility index (Phi) is 45.9. The van der Waals surface area contributed by atoms with Crippen molar-refractivity contribution >= 4 is 35.7 Å². The molecule has 0 unspecified atom stereocenters. The van der Waals surface area contributed by atoms with Gasteiger partial charge in [0.2, 0.25) is 0 Å². The van der Waals surface area contributed by atoms with Crippen molar-refractivity contribution in [1.29, 1.82) is 0 Å². The number of rotatable bonds is 0. The largest absolute Gasteiger partial charge is 0.361 e. The number of carbonyl (C=O) groups is 2. The number of nitrogens with one attached hydrogen (secondary N) is 2. The van der Waals surface area contributed by atoms with E-state index >= 15 is 0 Å². The third kappa shape index (κ3) is 89.2. The van der Waals surface area contributed by atoms with Crippen LogP contribution in [-0.4, -0.2) is 34.8 Å². The van der Waals surface area contributed by atoms with Gasteiger partial charge in [0.15, 0.2) is 0 Å². The summed E-state index contributed by atoms with van der Waals surface area (Å²) >= 11 is 6.21. The van der Waals surface area contributed by atoms with E-state index in [0.717, 1.165) is 0 Å². The first-order valence-corrected chi connectivity index (χ1v) is 6.76.